The van der Waals surface area contributed by atoms with Crippen LogP contribution in [0.25, 0.3) is 11.1 Å². The molecule has 0 saturated carbocycles. The lowest BCUT2D eigenvalue weighted by molar-refractivity contribution is -0.300. The highest BCUT2D eigenvalue weighted by atomic mass is 19.3. The first kappa shape index (κ1) is 15.6. The molecule has 1 aromatic heterocycles. The topological polar surface area (TPSA) is 22.1 Å². The molecule has 0 bridgehead atoms. The minimum Gasteiger partial charge on any atom is -0.315 e. The molecule has 1 aromatic carbocycles. The van der Waals surface area contributed by atoms with Crippen molar-refractivity contribution < 1.29 is 13.5 Å². The van der Waals surface area contributed by atoms with Crippen LogP contribution in [0.4, 0.5) is 8.78 Å². The highest BCUT2D eigenvalue weighted by Crippen LogP contribution is 2.37. The molecule has 1 heterocycles. The molecule has 2 nitrogen and oxygen atoms in total. The summed E-state index contributed by atoms with van der Waals surface area (Å²) in [5.74, 6) is 0. The van der Waals surface area contributed by atoms with Gasteiger partial charge in [-0.3, -0.25) is 4.98 Å². The molecule has 0 amide bonds. The first-order valence-corrected chi connectivity index (χ1v) is 6.81. The molecule has 2 aromatic rings. The van der Waals surface area contributed by atoms with Gasteiger partial charge in [0.1, 0.15) is 0 Å². The van der Waals surface area contributed by atoms with Crippen LogP contribution in [0, 0.1) is 5.41 Å². The molecule has 0 atom stereocenters. The van der Waals surface area contributed by atoms with Crippen LogP contribution in [0.15, 0.2) is 48.8 Å². The highest BCUT2D eigenvalue weighted by molar-refractivity contribution is 5.66. The summed E-state index contributed by atoms with van der Waals surface area (Å²) >= 11 is 0. The number of alkyl halides is 2. The molecular weight excluding hydrogens is 272 g/mol. The van der Waals surface area contributed by atoms with E-state index in [9.17, 15) is 8.78 Å². The molecule has 0 aliphatic rings. The van der Waals surface area contributed by atoms with Crippen LogP contribution in [0.1, 0.15) is 26.3 Å². The van der Waals surface area contributed by atoms with Crippen LogP contribution >= 0.6 is 0 Å². The second kappa shape index (κ2) is 5.90. The number of ether oxygens (including phenoxy) is 1. The number of halogens is 2. The van der Waals surface area contributed by atoms with Gasteiger partial charge in [0, 0.05) is 18.0 Å². The Morgan fingerprint density at radius 3 is 2.38 bits per heavy atom. The van der Waals surface area contributed by atoms with Gasteiger partial charge in [-0.2, -0.15) is 8.78 Å². The Labute approximate surface area is 123 Å². The van der Waals surface area contributed by atoms with Gasteiger partial charge in [-0.15, -0.1) is 0 Å². The normalized spacial score (nSPS) is 12.4. The van der Waals surface area contributed by atoms with Crippen molar-refractivity contribution in [3.63, 3.8) is 0 Å². The van der Waals surface area contributed by atoms with Crippen LogP contribution in [-0.4, -0.2) is 11.1 Å². The number of benzene rings is 1. The fourth-order valence-electron chi connectivity index (χ4n) is 1.83. The maximum absolute atomic E-state index is 13.9. The van der Waals surface area contributed by atoms with Crippen LogP contribution in [0.2, 0.25) is 0 Å². The van der Waals surface area contributed by atoms with Gasteiger partial charge in [-0.1, -0.05) is 51.1 Å². The highest BCUT2D eigenvalue weighted by Gasteiger charge is 2.44. The fourth-order valence-corrected chi connectivity index (χ4v) is 1.83. The van der Waals surface area contributed by atoms with Gasteiger partial charge in [0.05, 0.1) is 12.0 Å². The van der Waals surface area contributed by atoms with E-state index in [1.807, 2.05) is 30.3 Å². The maximum atomic E-state index is 13.9. The van der Waals surface area contributed by atoms with Crippen LogP contribution in [0.5, 0.6) is 0 Å². The molecular formula is C17H19F2NO. The van der Waals surface area contributed by atoms with Crippen molar-refractivity contribution in [3.8, 4) is 11.1 Å². The SMILES string of the molecule is CC(C)(C)C(F)(F)OCc1ccccc1-c1cccnc1. The van der Waals surface area contributed by atoms with Gasteiger partial charge in [0.15, 0.2) is 0 Å². The third-order valence-electron chi connectivity index (χ3n) is 3.27. The fraction of sp³-hybridized carbons (Fsp3) is 0.353. The van der Waals surface area contributed by atoms with E-state index in [-0.39, 0.29) is 6.61 Å². The minimum absolute atomic E-state index is 0.144. The van der Waals surface area contributed by atoms with E-state index in [0.717, 1.165) is 16.7 Å². The molecule has 0 aliphatic carbocycles. The molecule has 0 unspecified atom stereocenters. The second-order valence-electron chi connectivity index (χ2n) is 5.95. The van der Waals surface area contributed by atoms with Gasteiger partial charge in [0.25, 0.3) is 0 Å². The third-order valence-corrected chi connectivity index (χ3v) is 3.27. The molecule has 0 fully saturated rings. The Bertz CT molecular complexity index is 591. The standard InChI is InChI=1S/C17H19F2NO/c1-16(2,3)17(18,19)21-12-14-7-4-5-9-15(14)13-8-6-10-20-11-13/h4-11H,12H2,1-3H3. The predicted octanol–water partition coefficient (Wildman–Crippen LogP) is 4.90. The zero-order valence-electron chi connectivity index (χ0n) is 12.4. The van der Waals surface area contributed by atoms with E-state index >= 15 is 0 Å². The number of aromatic nitrogens is 1. The summed E-state index contributed by atoms with van der Waals surface area (Å²) in [5.41, 5.74) is 1.22. The van der Waals surface area contributed by atoms with Gasteiger partial charge < -0.3 is 4.74 Å². The van der Waals surface area contributed by atoms with Crippen LogP contribution in [-0.2, 0) is 11.3 Å². The number of hydrogen-bond acceptors (Lipinski definition) is 2. The van der Waals surface area contributed by atoms with E-state index in [2.05, 4.69) is 4.98 Å². The molecule has 0 radical (unpaired) electrons. The first-order valence-electron chi connectivity index (χ1n) is 6.81. The lowest BCUT2D eigenvalue weighted by atomic mass is 9.95. The lowest BCUT2D eigenvalue weighted by Gasteiger charge is -2.30. The molecule has 21 heavy (non-hydrogen) atoms. The van der Waals surface area contributed by atoms with Gasteiger partial charge in [-0.05, 0) is 17.2 Å². The Morgan fingerprint density at radius 2 is 1.76 bits per heavy atom. The largest absolute Gasteiger partial charge is 0.360 e. The van der Waals surface area contributed by atoms with Crippen molar-refractivity contribution in [1.82, 2.24) is 4.98 Å². The lowest BCUT2D eigenvalue weighted by Crippen LogP contribution is -2.36. The van der Waals surface area contributed by atoms with E-state index in [1.165, 1.54) is 20.8 Å². The predicted molar refractivity (Wildman–Crippen MR) is 78.9 cm³/mol. The van der Waals surface area contributed by atoms with Crippen molar-refractivity contribution in [1.29, 1.82) is 0 Å². The summed E-state index contributed by atoms with van der Waals surface area (Å²) in [4.78, 5) is 4.06. The number of pyridine rings is 1. The average molecular weight is 291 g/mol. The first-order chi connectivity index (χ1) is 9.81. The zero-order valence-corrected chi connectivity index (χ0v) is 12.4. The summed E-state index contributed by atoms with van der Waals surface area (Å²) in [7, 11) is 0. The quantitative estimate of drug-likeness (QED) is 0.799. The number of hydrogen-bond donors (Lipinski definition) is 0. The van der Waals surface area contributed by atoms with Crippen molar-refractivity contribution in [3.05, 3.63) is 54.4 Å². The molecule has 0 aliphatic heterocycles. The molecule has 0 N–H and O–H groups in total. The molecule has 112 valence electrons. The van der Waals surface area contributed by atoms with Crippen molar-refractivity contribution in [2.24, 2.45) is 5.41 Å². The molecule has 4 heteroatoms. The summed E-state index contributed by atoms with van der Waals surface area (Å²) < 4.78 is 32.7. The molecule has 2 rings (SSSR count). The Morgan fingerprint density at radius 1 is 1.05 bits per heavy atom. The number of rotatable bonds is 4. The summed E-state index contributed by atoms with van der Waals surface area (Å²) in [5, 5.41) is 0. The van der Waals surface area contributed by atoms with Crippen LogP contribution < -0.4 is 0 Å². The van der Waals surface area contributed by atoms with Crippen LogP contribution in [0.3, 0.4) is 0 Å². The Balaban J connectivity index is 2.23. The average Bonchev–Trinajstić information content (AvgIpc) is 2.45. The molecule has 0 saturated heterocycles. The van der Waals surface area contributed by atoms with Gasteiger partial charge in [-0.25, -0.2) is 0 Å². The summed E-state index contributed by atoms with van der Waals surface area (Å²) in [6, 6.07) is 11.1. The van der Waals surface area contributed by atoms with E-state index in [4.69, 9.17) is 4.74 Å². The zero-order chi connectivity index (χ0) is 15.5. The van der Waals surface area contributed by atoms with Gasteiger partial charge >= 0.3 is 6.11 Å². The number of nitrogens with zero attached hydrogens (tertiary/aromatic N) is 1. The smallest absolute Gasteiger partial charge is 0.315 e. The summed E-state index contributed by atoms with van der Waals surface area (Å²) in [6.07, 6.45) is 0.201. The summed E-state index contributed by atoms with van der Waals surface area (Å²) in [6.45, 7) is 4.23. The molecule has 0 spiro atoms. The minimum atomic E-state index is -3.19. The van der Waals surface area contributed by atoms with E-state index in [1.54, 1.807) is 18.5 Å². The Hall–Kier alpha value is -1.81. The van der Waals surface area contributed by atoms with E-state index in [0.29, 0.717) is 0 Å². The van der Waals surface area contributed by atoms with Crippen molar-refractivity contribution >= 4 is 0 Å². The Kier molecular flexibility index (Phi) is 4.37. The third kappa shape index (κ3) is 3.64. The van der Waals surface area contributed by atoms with Crippen molar-refractivity contribution in [2.75, 3.05) is 0 Å². The van der Waals surface area contributed by atoms with Crippen molar-refractivity contribution in [2.45, 2.75) is 33.5 Å². The monoisotopic (exact) mass is 291 g/mol. The second-order valence-corrected chi connectivity index (χ2v) is 5.95. The van der Waals surface area contributed by atoms with Gasteiger partial charge in [0.2, 0.25) is 0 Å². The maximum Gasteiger partial charge on any atom is 0.360 e. The van der Waals surface area contributed by atoms with E-state index < -0.39 is 11.5 Å².